The standard InChI is InChI=1S/C22H31N3O4/c1-21(2,20(26)24-27)25-13-11-22(23-3,12-14-25)16-9-10-18(28-4)19(15-16)29-17-7-5-6-8-17/h9-10,15,17,27H,5-8,11-14H2,1-2,4H3,(H,24,26). The maximum Gasteiger partial charge on any atom is 0.263 e. The summed E-state index contributed by atoms with van der Waals surface area (Å²) in [4.78, 5) is 18.1. The van der Waals surface area contributed by atoms with Crippen LogP contribution in [0.5, 0.6) is 11.5 Å². The van der Waals surface area contributed by atoms with Gasteiger partial charge < -0.3 is 14.3 Å². The molecule has 1 saturated heterocycles. The Kier molecular flexibility index (Phi) is 6.35. The summed E-state index contributed by atoms with van der Waals surface area (Å²) in [5, 5.41) is 9.02. The van der Waals surface area contributed by atoms with Crippen molar-refractivity contribution in [2.24, 2.45) is 0 Å². The molecule has 3 rings (SSSR count). The lowest BCUT2D eigenvalue weighted by Crippen LogP contribution is -2.58. The van der Waals surface area contributed by atoms with Crippen LogP contribution in [0.4, 0.5) is 0 Å². The third kappa shape index (κ3) is 4.19. The molecule has 2 aliphatic rings. The molecule has 0 aromatic heterocycles. The molecule has 0 unspecified atom stereocenters. The number of hydrogen-bond donors (Lipinski definition) is 2. The van der Waals surface area contributed by atoms with Gasteiger partial charge in [0.25, 0.3) is 11.4 Å². The van der Waals surface area contributed by atoms with Crippen LogP contribution in [0.3, 0.4) is 0 Å². The van der Waals surface area contributed by atoms with E-state index in [1.165, 1.54) is 12.8 Å². The van der Waals surface area contributed by atoms with Crippen LogP contribution in [-0.2, 0) is 10.3 Å². The largest absolute Gasteiger partial charge is 0.493 e. The number of benzene rings is 1. The Morgan fingerprint density at radius 1 is 1.28 bits per heavy atom. The maximum atomic E-state index is 12.0. The van der Waals surface area contributed by atoms with Crippen LogP contribution in [0, 0.1) is 6.57 Å². The molecule has 29 heavy (non-hydrogen) atoms. The molecule has 1 aliphatic heterocycles. The highest BCUT2D eigenvalue weighted by molar-refractivity contribution is 5.84. The number of likely N-dealkylation sites (tertiary alicyclic amines) is 1. The van der Waals surface area contributed by atoms with Gasteiger partial charge in [-0.2, -0.15) is 0 Å². The van der Waals surface area contributed by atoms with Crippen molar-refractivity contribution >= 4 is 5.91 Å². The van der Waals surface area contributed by atoms with Crippen LogP contribution in [-0.4, -0.2) is 47.9 Å². The maximum absolute atomic E-state index is 12.0. The van der Waals surface area contributed by atoms with E-state index in [1.54, 1.807) is 26.4 Å². The van der Waals surface area contributed by atoms with E-state index >= 15 is 0 Å². The molecule has 0 spiro atoms. The van der Waals surface area contributed by atoms with Crippen LogP contribution >= 0.6 is 0 Å². The summed E-state index contributed by atoms with van der Waals surface area (Å²) < 4.78 is 11.7. The fourth-order valence-electron chi connectivity index (χ4n) is 4.43. The van der Waals surface area contributed by atoms with E-state index in [9.17, 15) is 4.79 Å². The summed E-state index contributed by atoms with van der Waals surface area (Å²) in [6.45, 7) is 12.7. The van der Waals surface area contributed by atoms with Crippen LogP contribution < -0.4 is 15.0 Å². The van der Waals surface area contributed by atoms with Gasteiger partial charge >= 0.3 is 0 Å². The predicted octanol–water partition coefficient (Wildman–Crippen LogP) is 3.51. The zero-order valence-electron chi connectivity index (χ0n) is 17.5. The van der Waals surface area contributed by atoms with Gasteiger partial charge in [0.1, 0.15) is 0 Å². The Labute approximate surface area is 172 Å². The van der Waals surface area contributed by atoms with Gasteiger partial charge in [0.15, 0.2) is 11.5 Å². The third-order valence-electron chi connectivity index (χ3n) is 6.55. The zero-order valence-corrected chi connectivity index (χ0v) is 17.5. The minimum atomic E-state index is -0.834. The van der Waals surface area contributed by atoms with Gasteiger partial charge in [0, 0.05) is 31.5 Å². The predicted molar refractivity (Wildman–Crippen MR) is 109 cm³/mol. The van der Waals surface area contributed by atoms with E-state index in [0.29, 0.717) is 37.4 Å². The lowest BCUT2D eigenvalue weighted by molar-refractivity contribution is -0.141. The second-order valence-corrected chi connectivity index (χ2v) is 8.52. The summed E-state index contributed by atoms with van der Waals surface area (Å²) in [7, 11) is 1.63. The Hall–Kier alpha value is -2.30. The number of hydroxylamine groups is 1. The molecule has 0 atom stereocenters. The summed E-state index contributed by atoms with van der Waals surface area (Å²) in [5.74, 6) is 0.964. The molecule has 7 heteroatoms. The molecule has 1 aromatic rings. The van der Waals surface area contributed by atoms with Crippen molar-refractivity contribution in [2.75, 3.05) is 20.2 Å². The van der Waals surface area contributed by atoms with Crippen molar-refractivity contribution in [3.63, 3.8) is 0 Å². The minimum absolute atomic E-state index is 0.211. The first-order valence-corrected chi connectivity index (χ1v) is 10.3. The van der Waals surface area contributed by atoms with Gasteiger partial charge in [0.2, 0.25) is 0 Å². The minimum Gasteiger partial charge on any atom is -0.493 e. The number of nitrogens with zero attached hydrogens (tertiary/aromatic N) is 2. The lowest BCUT2D eigenvalue weighted by Gasteiger charge is -2.42. The second-order valence-electron chi connectivity index (χ2n) is 8.52. The molecule has 158 valence electrons. The quantitative estimate of drug-likeness (QED) is 0.433. The summed E-state index contributed by atoms with van der Waals surface area (Å²) >= 11 is 0. The molecule has 7 nitrogen and oxygen atoms in total. The second kappa shape index (κ2) is 8.60. The Morgan fingerprint density at radius 3 is 2.48 bits per heavy atom. The summed E-state index contributed by atoms with van der Waals surface area (Å²) in [6, 6.07) is 5.82. The van der Waals surface area contributed by atoms with E-state index in [4.69, 9.17) is 21.3 Å². The molecule has 1 saturated carbocycles. The van der Waals surface area contributed by atoms with E-state index < -0.39 is 17.0 Å². The van der Waals surface area contributed by atoms with Crippen molar-refractivity contribution < 1.29 is 19.5 Å². The topological polar surface area (TPSA) is 75.4 Å². The van der Waals surface area contributed by atoms with Crippen molar-refractivity contribution in [3.05, 3.63) is 35.2 Å². The van der Waals surface area contributed by atoms with Gasteiger partial charge in [0.05, 0.1) is 18.8 Å². The Balaban J connectivity index is 1.81. The highest BCUT2D eigenvalue weighted by Gasteiger charge is 2.47. The van der Waals surface area contributed by atoms with Crippen LogP contribution in [0.2, 0.25) is 0 Å². The lowest BCUT2D eigenvalue weighted by atomic mass is 9.80. The van der Waals surface area contributed by atoms with Crippen LogP contribution in [0.1, 0.15) is 57.9 Å². The molecule has 1 aromatic carbocycles. The first-order valence-electron chi connectivity index (χ1n) is 10.3. The third-order valence-corrected chi connectivity index (χ3v) is 6.55. The SMILES string of the molecule is [C-]#[N+]C1(c2ccc(OC)c(OC3CCCC3)c2)CCN(C(C)(C)C(=O)NO)CC1. The number of carbonyl (C=O) groups is 1. The smallest absolute Gasteiger partial charge is 0.263 e. The molecule has 0 bridgehead atoms. The molecule has 0 radical (unpaired) electrons. The van der Waals surface area contributed by atoms with E-state index in [0.717, 1.165) is 18.4 Å². The Bertz CT molecular complexity index is 773. The molecule has 1 amide bonds. The van der Waals surface area contributed by atoms with Gasteiger partial charge in [-0.25, -0.2) is 12.1 Å². The zero-order chi connectivity index (χ0) is 21.1. The van der Waals surface area contributed by atoms with Gasteiger partial charge in [-0.3, -0.25) is 14.9 Å². The highest BCUT2D eigenvalue weighted by Crippen LogP contribution is 2.42. The number of nitrogens with one attached hydrogen (secondary N) is 1. The summed E-state index contributed by atoms with van der Waals surface area (Å²) in [6.07, 6.45) is 5.90. The number of methoxy groups -OCH3 is 1. The van der Waals surface area contributed by atoms with Crippen LogP contribution in [0.25, 0.3) is 4.85 Å². The highest BCUT2D eigenvalue weighted by atomic mass is 16.5. The number of amides is 1. The first-order chi connectivity index (χ1) is 13.9. The molecular weight excluding hydrogens is 370 g/mol. The monoisotopic (exact) mass is 401 g/mol. The van der Waals surface area contributed by atoms with Gasteiger partial charge in [-0.15, -0.1) is 0 Å². The number of rotatable bonds is 6. The van der Waals surface area contributed by atoms with Gasteiger partial charge in [-0.1, -0.05) is 0 Å². The Morgan fingerprint density at radius 2 is 1.93 bits per heavy atom. The van der Waals surface area contributed by atoms with Gasteiger partial charge in [-0.05, 0) is 57.7 Å². The molecule has 1 aliphatic carbocycles. The van der Waals surface area contributed by atoms with E-state index in [-0.39, 0.29) is 6.10 Å². The number of hydrogen-bond acceptors (Lipinski definition) is 5. The average Bonchev–Trinajstić information content (AvgIpc) is 3.26. The number of carbonyl (C=O) groups excluding carboxylic acids is 1. The molecule has 2 N–H and O–H groups in total. The van der Waals surface area contributed by atoms with E-state index in [2.05, 4.69) is 4.85 Å². The van der Waals surface area contributed by atoms with Crippen LogP contribution in [0.15, 0.2) is 18.2 Å². The fourth-order valence-corrected chi connectivity index (χ4v) is 4.43. The average molecular weight is 402 g/mol. The van der Waals surface area contributed by atoms with Crippen molar-refractivity contribution in [1.82, 2.24) is 10.4 Å². The van der Waals surface area contributed by atoms with Crippen molar-refractivity contribution in [3.8, 4) is 11.5 Å². The molecule has 2 fully saturated rings. The van der Waals surface area contributed by atoms with Crippen molar-refractivity contribution in [2.45, 2.75) is 69.6 Å². The van der Waals surface area contributed by atoms with Crippen molar-refractivity contribution in [1.29, 1.82) is 0 Å². The fraction of sp³-hybridized carbons (Fsp3) is 0.636. The number of ether oxygens (including phenoxy) is 2. The van der Waals surface area contributed by atoms with E-state index in [1.807, 2.05) is 23.1 Å². The molecule has 1 heterocycles. The molecular formula is C22H31N3O4. The number of piperidine rings is 1. The first kappa shape index (κ1) is 21.4. The normalized spacial score (nSPS) is 20.1. The summed E-state index contributed by atoms with van der Waals surface area (Å²) in [5.41, 5.74) is 1.20.